The first-order valence-corrected chi connectivity index (χ1v) is 41.2. The summed E-state index contributed by atoms with van der Waals surface area (Å²) in [5, 5.41) is 20.6. The first-order chi connectivity index (χ1) is 47.2. The molecule has 0 radical (unpaired) electrons. The topological polar surface area (TPSA) is 231 Å². The van der Waals surface area contributed by atoms with Gasteiger partial charge in [0.1, 0.15) is 25.4 Å². The van der Waals surface area contributed by atoms with Crippen molar-refractivity contribution in [2.24, 2.45) is 0 Å². The molecule has 0 aliphatic heterocycles. The summed E-state index contributed by atoms with van der Waals surface area (Å²) in [5.74, 6) is -1.59. The van der Waals surface area contributed by atoms with Crippen LogP contribution in [0.2, 0.25) is 0 Å². The first kappa shape index (κ1) is 93.2. The number of aliphatic hydroxyl groups excluding tert-OH is 2. The van der Waals surface area contributed by atoms with Crippen LogP contribution in [0, 0.1) is 0 Å². The molecule has 0 bridgehead atoms. The van der Waals surface area contributed by atoms with Crippen LogP contribution in [0.25, 0.3) is 0 Å². The van der Waals surface area contributed by atoms with Crippen molar-refractivity contribution in [2.75, 3.05) is 39.6 Å². The number of phosphoric acid groups is 2. The number of carbonyl (C=O) groups is 3. The molecule has 0 aromatic rings. The van der Waals surface area contributed by atoms with Gasteiger partial charge in [-0.3, -0.25) is 32.5 Å². The van der Waals surface area contributed by atoms with Crippen LogP contribution < -0.4 is 0 Å². The molecule has 560 valence electrons. The van der Waals surface area contributed by atoms with Crippen molar-refractivity contribution < 1.29 is 75.8 Å². The molecule has 0 aliphatic carbocycles. The molecule has 16 nitrogen and oxygen atoms in total. The van der Waals surface area contributed by atoms with E-state index in [9.17, 15) is 43.5 Å². The molecule has 0 aromatic carbocycles. The highest BCUT2D eigenvalue weighted by Gasteiger charge is 2.29. The molecular formula is C79H138O16P2. The molecular weight excluding hydrogens is 1270 g/mol. The third-order valence-corrected chi connectivity index (χ3v) is 17.8. The van der Waals surface area contributed by atoms with E-state index in [2.05, 4.69) is 130 Å². The monoisotopic (exact) mass is 1400 g/mol. The minimum absolute atomic E-state index is 0.0924. The van der Waals surface area contributed by atoms with E-state index in [0.717, 1.165) is 148 Å². The maximum atomic E-state index is 12.9. The van der Waals surface area contributed by atoms with E-state index in [4.69, 9.17) is 32.3 Å². The lowest BCUT2D eigenvalue weighted by molar-refractivity contribution is -0.161. The zero-order valence-electron chi connectivity index (χ0n) is 61.0. The van der Waals surface area contributed by atoms with Crippen molar-refractivity contribution in [3.8, 4) is 0 Å². The van der Waals surface area contributed by atoms with Gasteiger partial charge >= 0.3 is 33.6 Å². The molecule has 0 saturated heterocycles. The van der Waals surface area contributed by atoms with E-state index < -0.39 is 91.5 Å². The number of unbranched alkanes of at least 4 members (excludes halogenated alkanes) is 31. The number of carbonyl (C=O) groups excluding carboxylic acids is 3. The Labute approximate surface area is 590 Å². The van der Waals surface area contributed by atoms with Gasteiger partial charge in [-0.1, -0.05) is 284 Å². The largest absolute Gasteiger partial charge is 0.472 e. The van der Waals surface area contributed by atoms with Gasteiger partial charge in [-0.05, 0) is 122 Å². The Hall–Kier alpha value is -3.79. The van der Waals surface area contributed by atoms with Crippen molar-refractivity contribution in [3.63, 3.8) is 0 Å². The van der Waals surface area contributed by atoms with Crippen LogP contribution >= 0.6 is 15.6 Å². The van der Waals surface area contributed by atoms with E-state index in [1.54, 1.807) is 0 Å². The van der Waals surface area contributed by atoms with Crippen molar-refractivity contribution in [1.29, 1.82) is 0 Å². The molecule has 97 heavy (non-hydrogen) atoms. The zero-order valence-corrected chi connectivity index (χ0v) is 62.8. The smallest absolute Gasteiger partial charge is 0.463 e. The highest BCUT2D eigenvalue weighted by Crippen LogP contribution is 2.45. The van der Waals surface area contributed by atoms with E-state index >= 15 is 0 Å². The highest BCUT2D eigenvalue weighted by molar-refractivity contribution is 7.47. The lowest BCUT2D eigenvalue weighted by Crippen LogP contribution is -2.30. The number of phosphoric ester groups is 2. The second kappa shape index (κ2) is 72.0. The number of hydrogen-bond donors (Lipinski definition) is 4. The quantitative estimate of drug-likeness (QED) is 0.0146. The number of allylic oxidation sites excluding steroid dienone is 18. The van der Waals surface area contributed by atoms with Crippen LogP contribution in [-0.4, -0.2) is 95.9 Å². The number of esters is 3. The number of rotatable bonds is 72. The Morgan fingerprint density at radius 1 is 0.299 bits per heavy atom. The minimum atomic E-state index is -4.92. The second-order valence-electron chi connectivity index (χ2n) is 25.4. The van der Waals surface area contributed by atoms with Gasteiger partial charge in [0, 0.05) is 19.3 Å². The SMILES string of the molecule is CC/C=C\C/C=C\C/C=C\C/C=C\C/C=C\C/C=C\CCCCCCCCCCCCCCCCCCC(=O)OCC(O)COP(=O)(O)OCC(O)COP(=O)(O)OCC(COC(=O)CCCCCCC/C=C\C/C=C\CCC)OC(=O)CCCCCCC/C=C\CCCCCC. The zero-order chi connectivity index (χ0) is 70.9. The fourth-order valence-corrected chi connectivity index (χ4v) is 11.7. The van der Waals surface area contributed by atoms with E-state index in [-0.39, 0.29) is 19.3 Å². The molecule has 0 amide bonds. The molecule has 0 aliphatic rings. The third kappa shape index (κ3) is 73.3. The van der Waals surface area contributed by atoms with Gasteiger partial charge in [0.15, 0.2) is 6.10 Å². The van der Waals surface area contributed by atoms with Crippen LogP contribution in [0.5, 0.6) is 0 Å². The van der Waals surface area contributed by atoms with Crippen LogP contribution in [0.1, 0.15) is 316 Å². The molecule has 0 rings (SSSR count). The summed E-state index contributed by atoms with van der Waals surface area (Å²) < 4.78 is 60.9. The van der Waals surface area contributed by atoms with E-state index in [1.165, 1.54) is 109 Å². The van der Waals surface area contributed by atoms with Crippen LogP contribution in [0.4, 0.5) is 0 Å². The number of hydrogen-bond acceptors (Lipinski definition) is 14. The fourth-order valence-electron chi connectivity index (χ4n) is 10.1. The van der Waals surface area contributed by atoms with Gasteiger partial charge in [-0.15, -0.1) is 0 Å². The average Bonchev–Trinajstić information content (AvgIpc) is 1.57. The van der Waals surface area contributed by atoms with Gasteiger partial charge < -0.3 is 34.2 Å². The average molecular weight is 1410 g/mol. The Morgan fingerprint density at radius 2 is 0.567 bits per heavy atom. The summed E-state index contributed by atoms with van der Waals surface area (Å²) in [5.41, 5.74) is 0. The molecule has 0 fully saturated rings. The normalized spacial score (nSPS) is 14.7. The van der Waals surface area contributed by atoms with E-state index in [0.29, 0.717) is 19.3 Å². The summed E-state index contributed by atoms with van der Waals surface area (Å²) in [7, 11) is -9.78. The molecule has 0 spiro atoms. The Morgan fingerprint density at radius 3 is 0.918 bits per heavy atom. The summed E-state index contributed by atoms with van der Waals surface area (Å²) in [4.78, 5) is 58.4. The van der Waals surface area contributed by atoms with E-state index in [1.807, 2.05) is 0 Å². The summed E-state index contributed by atoms with van der Waals surface area (Å²) in [6.07, 6.45) is 83.2. The van der Waals surface area contributed by atoms with Crippen LogP contribution in [0.15, 0.2) is 109 Å². The summed E-state index contributed by atoms with van der Waals surface area (Å²) in [6.45, 7) is 2.46. The molecule has 18 heteroatoms. The van der Waals surface area contributed by atoms with Crippen molar-refractivity contribution >= 4 is 33.6 Å². The maximum Gasteiger partial charge on any atom is 0.472 e. The standard InChI is InChI=1S/C79H138O16P2/c1-4-7-10-13-16-19-22-25-26-27-28-29-30-31-32-33-34-35-36-37-38-39-40-41-42-43-44-45-46-49-51-53-56-59-62-65-77(82)89-68-74(80)69-91-96(85,86)92-70-75(81)71-93-97(87,88)94-73-76(95-79(84)67-64-61-58-55-52-48-24-21-18-15-12-9-6-3)72-90-78(83)66-63-60-57-54-50-47-23-20-17-14-11-8-5-2/h7,10-11,14,16,19-21,23-26,28-29,31-32,34-35,74-76,80-81H,4-6,8-9,12-13,15,17-18,22,27,30,33,36-73H2,1-3H3,(H,85,86)(H,87,88)/b10-7-,14-11-,19-16-,23-20-,24-21-,26-25-,29-28-,32-31-,35-34-. The second-order valence-corrected chi connectivity index (χ2v) is 28.3. The molecule has 5 unspecified atom stereocenters. The lowest BCUT2D eigenvalue weighted by Gasteiger charge is -2.21. The Bertz CT molecular complexity index is 2200. The van der Waals surface area contributed by atoms with Crippen molar-refractivity contribution in [1.82, 2.24) is 0 Å². The third-order valence-electron chi connectivity index (χ3n) is 15.9. The summed E-state index contributed by atoms with van der Waals surface area (Å²) in [6, 6.07) is 0. The molecule has 5 atom stereocenters. The molecule has 0 saturated carbocycles. The molecule has 0 aromatic heterocycles. The van der Waals surface area contributed by atoms with Gasteiger partial charge in [-0.25, -0.2) is 9.13 Å². The molecule has 0 heterocycles. The number of aliphatic hydroxyl groups is 2. The number of ether oxygens (including phenoxy) is 3. The fraction of sp³-hybridized carbons (Fsp3) is 0.734. The maximum absolute atomic E-state index is 12.9. The van der Waals surface area contributed by atoms with Crippen LogP contribution in [0.3, 0.4) is 0 Å². The van der Waals surface area contributed by atoms with Gasteiger partial charge in [-0.2, -0.15) is 0 Å². The Balaban J connectivity index is 4.31. The first-order valence-electron chi connectivity index (χ1n) is 38.2. The molecule has 4 N–H and O–H groups in total. The van der Waals surface area contributed by atoms with Crippen LogP contribution in [-0.2, 0) is 55.8 Å². The van der Waals surface area contributed by atoms with Gasteiger partial charge in [0.2, 0.25) is 0 Å². The predicted molar refractivity (Wildman–Crippen MR) is 399 cm³/mol. The van der Waals surface area contributed by atoms with Crippen molar-refractivity contribution in [3.05, 3.63) is 109 Å². The lowest BCUT2D eigenvalue weighted by atomic mass is 10.0. The summed E-state index contributed by atoms with van der Waals surface area (Å²) >= 11 is 0. The minimum Gasteiger partial charge on any atom is -0.463 e. The predicted octanol–water partition coefficient (Wildman–Crippen LogP) is 22.0. The van der Waals surface area contributed by atoms with Gasteiger partial charge in [0.05, 0.1) is 26.4 Å². The highest BCUT2D eigenvalue weighted by atomic mass is 31.2. The van der Waals surface area contributed by atoms with Crippen molar-refractivity contribution in [2.45, 2.75) is 334 Å². The van der Waals surface area contributed by atoms with Gasteiger partial charge in [0.25, 0.3) is 0 Å². The Kier molecular flexibility index (Phi) is 69.2.